The highest BCUT2D eigenvalue weighted by Gasteiger charge is 2.22. The van der Waals surface area contributed by atoms with Crippen LogP contribution in [0.15, 0.2) is 18.2 Å². The molecule has 0 aromatic heterocycles. The summed E-state index contributed by atoms with van der Waals surface area (Å²) in [5, 5.41) is 3.62. The highest BCUT2D eigenvalue weighted by Crippen LogP contribution is 2.32. The molecule has 0 radical (unpaired) electrons. The van der Waals surface area contributed by atoms with Crippen LogP contribution in [0.3, 0.4) is 0 Å². The first-order valence-corrected chi connectivity index (χ1v) is 7.57. The van der Waals surface area contributed by atoms with Crippen molar-refractivity contribution in [2.24, 2.45) is 5.92 Å². The van der Waals surface area contributed by atoms with Gasteiger partial charge in [0.1, 0.15) is 0 Å². The molecule has 106 valence electrons. The van der Waals surface area contributed by atoms with E-state index in [2.05, 4.69) is 63.0 Å². The number of anilines is 1. The summed E-state index contributed by atoms with van der Waals surface area (Å²) in [5.41, 5.74) is 4.37. The van der Waals surface area contributed by atoms with Gasteiger partial charge in [-0.25, -0.2) is 0 Å². The molecule has 1 saturated heterocycles. The third kappa shape index (κ3) is 3.30. The summed E-state index contributed by atoms with van der Waals surface area (Å²) < 4.78 is 0. The van der Waals surface area contributed by atoms with Gasteiger partial charge < -0.3 is 10.2 Å². The van der Waals surface area contributed by atoms with Gasteiger partial charge in [-0.05, 0) is 43.4 Å². The quantitative estimate of drug-likeness (QED) is 0.875. The predicted octanol–water partition coefficient (Wildman–Crippen LogP) is 3.55. The number of hydrogen-bond donors (Lipinski definition) is 1. The molecule has 1 aromatic carbocycles. The molecule has 2 nitrogen and oxygen atoms in total. The van der Waals surface area contributed by atoms with Crippen LogP contribution in [0.1, 0.15) is 44.7 Å². The lowest BCUT2D eigenvalue weighted by Crippen LogP contribution is -2.36. The lowest BCUT2D eigenvalue weighted by atomic mass is 9.96. The minimum Gasteiger partial charge on any atom is -0.369 e. The van der Waals surface area contributed by atoms with E-state index in [0.29, 0.717) is 17.9 Å². The average molecular weight is 260 g/mol. The molecule has 1 aliphatic rings. The molecule has 19 heavy (non-hydrogen) atoms. The van der Waals surface area contributed by atoms with Crippen LogP contribution in [0.2, 0.25) is 0 Å². The maximum absolute atomic E-state index is 3.62. The van der Waals surface area contributed by atoms with Crippen LogP contribution in [0.4, 0.5) is 5.69 Å². The standard InChI is InChI=1S/C17H28N2/c1-12(2)16-8-6-7-14(4)17(16)19-10-13(3)9-18-15(5)11-19/h6-8,12-13,15,18H,9-11H2,1-5H3. The van der Waals surface area contributed by atoms with Crippen molar-refractivity contribution in [1.29, 1.82) is 0 Å². The molecule has 1 N–H and O–H groups in total. The van der Waals surface area contributed by atoms with Crippen molar-refractivity contribution in [3.8, 4) is 0 Å². The molecular formula is C17H28N2. The number of nitrogens with zero attached hydrogens (tertiary/aromatic N) is 1. The molecule has 0 bridgehead atoms. The van der Waals surface area contributed by atoms with Gasteiger partial charge in [-0.15, -0.1) is 0 Å². The van der Waals surface area contributed by atoms with Crippen molar-refractivity contribution in [1.82, 2.24) is 5.32 Å². The number of benzene rings is 1. The van der Waals surface area contributed by atoms with E-state index in [-0.39, 0.29) is 0 Å². The number of para-hydroxylation sites is 1. The molecule has 0 saturated carbocycles. The molecule has 0 aliphatic carbocycles. The topological polar surface area (TPSA) is 15.3 Å². The third-order valence-electron chi connectivity index (χ3n) is 4.05. The van der Waals surface area contributed by atoms with Crippen molar-refractivity contribution in [2.45, 2.75) is 46.6 Å². The molecule has 0 spiro atoms. The van der Waals surface area contributed by atoms with Gasteiger partial charge in [-0.2, -0.15) is 0 Å². The van der Waals surface area contributed by atoms with E-state index >= 15 is 0 Å². The van der Waals surface area contributed by atoms with Crippen LogP contribution in [-0.4, -0.2) is 25.7 Å². The summed E-state index contributed by atoms with van der Waals surface area (Å²) >= 11 is 0. The second kappa shape index (κ2) is 5.96. The SMILES string of the molecule is Cc1cccc(C(C)C)c1N1CC(C)CNC(C)C1. The molecule has 1 aliphatic heterocycles. The van der Waals surface area contributed by atoms with E-state index in [9.17, 15) is 0 Å². The first-order valence-electron chi connectivity index (χ1n) is 7.57. The van der Waals surface area contributed by atoms with E-state index in [0.717, 1.165) is 19.6 Å². The Labute approximate surface area is 118 Å². The Bertz CT molecular complexity index is 413. The fraction of sp³-hybridized carbons (Fsp3) is 0.647. The van der Waals surface area contributed by atoms with E-state index in [1.165, 1.54) is 16.8 Å². The first-order chi connectivity index (χ1) is 8.99. The summed E-state index contributed by atoms with van der Waals surface area (Å²) in [6.07, 6.45) is 0. The normalized spacial score (nSPS) is 24.6. The van der Waals surface area contributed by atoms with Gasteiger partial charge in [0.25, 0.3) is 0 Å². The summed E-state index contributed by atoms with van der Waals surface area (Å²) in [7, 11) is 0. The van der Waals surface area contributed by atoms with E-state index in [1.807, 2.05) is 0 Å². The summed E-state index contributed by atoms with van der Waals surface area (Å²) in [6.45, 7) is 14.8. The van der Waals surface area contributed by atoms with Crippen molar-refractivity contribution >= 4 is 5.69 Å². The third-order valence-corrected chi connectivity index (χ3v) is 4.05. The Morgan fingerprint density at radius 1 is 1.21 bits per heavy atom. The van der Waals surface area contributed by atoms with E-state index in [4.69, 9.17) is 0 Å². The molecule has 2 unspecified atom stereocenters. The Morgan fingerprint density at radius 2 is 1.95 bits per heavy atom. The lowest BCUT2D eigenvalue weighted by molar-refractivity contribution is 0.525. The van der Waals surface area contributed by atoms with Crippen LogP contribution in [0, 0.1) is 12.8 Å². The van der Waals surface area contributed by atoms with Gasteiger partial charge in [-0.3, -0.25) is 0 Å². The Hall–Kier alpha value is -1.02. The second-order valence-corrected chi connectivity index (χ2v) is 6.49. The van der Waals surface area contributed by atoms with E-state index in [1.54, 1.807) is 0 Å². The molecular weight excluding hydrogens is 232 g/mol. The monoisotopic (exact) mass is 260 g/mol. The second-order valence-electron chi connectivity index (χ2n) is 6.49. The fourth-order valence-electron chi connectivity index (χ4n) is 3.07. The van der Waals surface area contributed by atoms with Crippen molar-refractivity contribution in [3.63, 3.8) is 0 Å². The predicted molar refractivity (Wildman–Crippen MR) is 84.1 cm³/mol. The largest absolute Gasteiger partial charge is 0.369 e. The van der Waals surface area contributed by atoms with Crippen molar-refractivity contribution in [2.75, 3.05) is 24.5 Å². The zero-order chi connectivity index (χ0) is 14.0. The summed E-state index contributed by atoms with van der Waals surface area (Å²) in [6, 6.07) is 7.29. The highest BCUT2D eigenvalue weighted by molar-refractivity contribution is 5.60. The Kier molecular flexibility index (Phi) is 4.51. The van der Waals surface area contributed by atoms with Gasteiger partial charge >= 0.3 is 0 Å². The summed E-state index contributed by atoms with van der Waals surface area (Å²) in [5.74, 6) is 1.28. The van der Waals surface area contributed by atoms with Gasteiger partial charge in [0, 0.05) is 24.8 Å². The van der Waals surface area contributed by atoms with Gasteiger partial charge in [0.15, 0.2) is 0 Å². The summed E-state index contributed by atoms with van der Waals surface area (Å²) in [4.78, 5) is 2.60. The molecule has 1 aromatic rings. The molecule has 0 amide bonds. The van der Waals surface area contributed by atoms with Crippen LogP contribution < -0.4 is 10.2 Å². The maximum atomic E-state index is 3.62. The van der Waals surface area contributed by atoms with E-state index < -0.39 is 0 Å². The molecule has 2 heteroatoms. The number of nitrogens with one attached hydrogen (secondary N) is 1. The van der Waals surface area contributed by atoms with Crippen LogP contribution in [-0.2, 0) is 0 Å². The number of aryl methyl sites for hydroxylation is 1. The molecule has 1 heterocycles. The average Bonchev–Trinajstić information content (AvgIpc) is 2.50. The van der Waals surface area contributed by atoms with Crippen LogP contribution in [0.5, 0.6) is 0 Å². The van der Waals surface area contributed by atoms with Crippen LogP contribution >= 0.6 is 0 Å². The molecule has 2 atom stereocenters. The fourth-order valence-corrected chi connectivity index (χ4v) is 3.07. The zero-order valence-electron chi connectivity index (χ0n) is 13.0. The minimum atomic E-state index is 0.560. The molecule has 2 rings (SSSR count). The van der Waals surface area contributed by atoms with Crippen molar-refractivity contribution in [3.05, 3.63) is 29.3 Å². The number of rotatable bonds is 2. The van der Waals surface area contributed by atoms with Gasteiger partial charge in [0.2, 0.25) is 0 Å². The smallest absolute Gasteiger partial charge is 0.0431 e. The highest BCUT2D eigenvalue weighted by atomic mass is 15.2. The minimum absolute atomic E-state index is 0.560. The first kappa shape index (κ1) is 14.4. The number of hydrogen-bond acceptors (Lipinski definition) is 2. The Morgan fingerprint density at radius 3 is 2.63 bits per heavy atom. The van der Waals surface area contributed by atoms with Crippen LogP contribution in [0.25, 0.3) is 0 Å². The zero-order valence-corrected chi connectivity index (χ0v) is 13.0. The van der Waals surface area contributed by atoms with Gasteiger partial charge in [0.05, 0.1) is 0 Å². The lowest BCUT2D eigenvalue weighted by Gasteiger charge is -2.31. The van der Waals surface area contributed by atoms with Gasteiger partial charge in [-0.1, -0.05) is 39.0 Å². The van der Waals surface area contributed by atoms with Crippen molar-refractivity contribution < 1.29 is 0 Å². The maximum Gasteiger partial charge on any atom is 0.0431 e. The Balaban J connectivity index is 2.38. The molecule has 1 fully saturated rings.